The van der Waals surface area contributed by atoms with Gasteiger partial charge in [0.25, 0.3) is 0 Å². The molecule has 1 aliphatic heterocycles. The molecular formula is C15H23N5. The average Bonchev–Trinajstić information content (AvgIpc) is 3.01. The van der Waals surface area contributed by atoms with E-state index in [1.807, 2.05) is 18.4 Å². The first-order chi connectivity index (χ1) is 9.65. The van der Waals surface area contributed by atoms with Gasteiger partial charge in [-0.05, 0) is 46.7 Å². The predicted molar refractivity (Wildman–Crippen MR) is 81.4 cm³/mol. The molecule has 0 aromatic carbocycles. The van der Waals surface area contributed by atoms with Gasteiger partial charge in [-0.3, -0.25) is 0 Å². The summed E-state index contributed by atoms with van der Waals surface area (Å²) in [5, 5.41) is 8.10. The molecule has 20 heavy (non-hydrogen) atoms. The van der Waals surface area contributed by atoms with E-state index in [4.69, 9.17) is 0 Å². The van der Waals surface area contributed by atoms with Crippen molar-refractivity contribution >= 4 is 11.5 Å². The highest BCUT2D eigenvalue weighted by Crippen LogP contribution is 2.18. The molecule has 0 saturated carbocycles. The van der Waals surface area contributed by atoms with Crippen LogP contribution in [-0.2, 0) is 0 Å². The van der Waals surface area contributed by atoms with Gasteiger partial charge in [0.1, 0.15) is 5.82 Å². The van der Waals surface area contributed by atoms with Gasteiger partial charge in [0.05, 0.1) is 5.69 Å². The summed E-state index contributed by atoms with van der Waals surface area (Å²) in [7, 11) is 0. The van der Waals surface area contributed by atoms with Crippen LogP contribution >= 0.6 is 0 Å². The molecule has 1 fully saturated rings. The summed E-state index contributed by atoms with van der Waals surface area (Å²) in [6, 6.07) is 2.07. The van der Waals surface area contributed by atoms with Gasteiger partial charge in [-0.1, -0.05) is 0 Å². The Morgan fingerprint density at radius 1 is 1.20 bits per heavy atom. The molecule has 2 aromatic heterocycles. The highest BCUT2D eigenvalue weighted by atomic mass is 15.3. The molecule has 3 rings (SSSR count). The van der Waals surface area contributed by atoms with Crippen LogP contribution in [0.2, 0.25) is 0 Å². The number of aromatic nitrogens is 3. The zero-order valence-electron chi connectivity index (χ0n) is 12.6. The van der Waals surface area contributed by atoms with Gasteiger partial charge in [0.2, 0.25) is 0 Å². The summed E-state index contributed by atoms with van der Waals surface area (Å²) in [5.41, 5.74) is 4.21. The fourth-order valence-electron chi connectivity index (χ4n) is 2.82. The van der Waals surface area contributed by atoms with E-state index in [9.17, 15) is 0 Å². The molecule has 0 aliphatic carbocycles. The molecule has 5 heteroatoms. The van der Waals surface area contributed by atoms with Crippen LogP contribution in [0.3, 0.4) is 0 Å². The third-order valence-electron chi connectivity index (χ3n) is 4.12. The lowest BCUT2D eigenvalue weighted by molar-refractivity contribution is 0.352. The molecular weight excluding hydrogens is 250 g/mol. The Kier molecular flexibility index (Phi) is 3.61. The molecule has 0 spiro atoms. The van der Waals surface area contributed by atoms with Crippen molar-refractivity contribution < 1.29 is 0 Å². The summed E-state index contributed by atoms with van der Waals surface area (Å²) in [5.74, 6) is 1.04. The fraction of sp³-hybridized carbons (Fsp3) is 0.600. The number of anilines is 1. The standard InChI is InChI=1S/C15H23N5/c1-11-10-14(16-6-9-19-7-4-5-8-19)20-15(17-11)12(2)13(3)18-20/h10,16H,4-9H2,1-3H3. The third-order valence-corrected chi connectivity index (χ3v) is 4.12. The van der Waals surface area contributed by atoms with Gasteiger partial charge in [-0.15, -0.1) is 0 Å². The largest absolute Gasteiger partial charge is 0.369 e. The van der Waals surface area contributed by atoms with Crippen molar-refractivity contribution in [2.45, 2.75) is 33.6 Å². The van der Waals surface area contributed by atoms with Crippen molar-refractivity contribution in [3.63, 3.8) is 0 Å². The van der Waals surface area contributed by atoms with E-state index < -0.39 is 0 Å². The molecule has 0 atom stereocenters. The fourth-order valence-corrected chi connectivity index (χ4v) is 2.82. The molecule has 3 heterocycles. The second-order valence-corrected chi connectivity index (χ2v) is 5.70. The molecule has 1 aliphatic rings. The van der Waals surface area contributed by atoms with Crippen molar-refractivity contribution in [3.8, 4) is 0 Å². The van der Waals surface area contributed by atoms with Gasteiger partial charge < -0.3 is 10.2 Å². The molecule has 0 unspecified atom stereocenters. The van der Waals surface area contributed by atoms with Crippen molar-refractivity contribution in [1.29, 1.82) is 0 Å². The number of nitrogens with zero attached hydrogens (tertiary/aromatic N) is 4. The number of nitrogens with one attached hydrogen (secondary N) is 1. The Balaban J connectivity index is 1.78. The van der Waals surface area contributed by atoms with Crippen molar-refractivity contribution in [2.75, 3.05) is 31.5 Å². The van der Waals surface area contributed by atoms with Crippen LogP contribution in [0.5, 0.6) is 0 Å². The molecule has 0 amide bonds. The van der Waals surface area contributed by atoms with Crippen LogP contribution in [0.1, 0.15) is 29.8 Å². The predicted octanol–water partition coefficient (Wildman–Crippen LogP) is 2.16. The Labute approximate surface area is 120 Å². The zero-order valence-corrected chi connectivity index (χ0v) is 12.6. The lowest BCUT2D eigenvalue weighted by Gasteiger charge is -2.16. The van der Waals surface area contributed by atoms with Gasteiger partial charge >= 0.3 is 0 Å². The van der Waals surface area contributed by atoms with Gasteiger partial charge in [-0.2, -0.15) is 9.61 Å². The number of aryl methyl sites for hydroxylation is 3. The van der Waals surface area contributed by atoms with Crippen LogP contribution in [0.25, 0.3) is 5.65 Å². The van der Waals surface area contributed by atoms with Crippen molar-refractivity contribution in [1.82, 2.24) is 19.5 Å². The molecule has 1 N–H and O–H groups in total. The first-order valence-corrected chi connectivity index (χ1v) is 7.45. The number of hydrogen-bond acceptors (Lipinski definition) is 4. The maximum atomic E-state index is 4.59. The SMILES string of the molecule is Cc1cc(NCCN2CCCC2)n2nc(C)c(C)c2n1. The van der Waals surface area contributed by atoms with E-state index in [0.29, 0.717) is 0 Å². The van der Waals surface area contributed by atoms with E-state index in [2.05, 4.69) is 33.3 Å². The van der Waals surface area contributed by atoms with Crippen LogP contribution in [0.4, 0.5) is 5.82 Å². The van der Waals surface area contributed by atoms with Gasteiger partial charge in [-0.25, -0.2) is 4.98 Å². The van der Waals surface area contributed by atoms with E-state index in [1.54, 1.807) is 0 Å². The molecule has 0 bridgehead atoms. The summed E-state index contributed by atoms with van der Waals surface area (Å²) in [6.07, 6.45) is 2.69. The number of rotatable bonds is 4. The maximum absolute atomic E-state index is 4.59. The normalized spacial score (nSPS) is 16.1. The van der Waals surface area contributed by atoms with Crippen LogP contribution in [0.15, 0.2) is 6.07 Å². The topological polar surface area (TPSA) is 45.5 Å². The summed E-state index contributed by atoms with van der Waals surface area (Å²) in [6.45, 7) is 10.7. The Morgan fingerprint density at radius 2 is 1.95 bits per heavy atom. The van der Waals surface area contributed by atoms with Crippen molar-refractivity contribution in [3.05, 3.63) is 23.0 Å². The van der Waals surface area contributed by atoms with Gasteiger partial charge in [0.15, 0.2) is 5.65 Å². The quantitative estimate of drug-likeness (QED) is 0.927. The number of likely N-dealkylation sites (tertiary alicyclic amines) is 1. The zero-order chi connectivity index (χ0) is 14.1. The monoisotopic (exact) mass is 273 g/mol. The van der Waals surface area contributed by atoms with E-state index in [-0.39, 0.29) is 0 Å². The maximum Gasteiger partial charge on any atom is 0.160 e. The van der Waals surface area contributed by atoms with Crippen LogP contribution in [0, 0.1) is 20.8 Å². The first kappa shape index (κ1) is 13.4. The van der Waals surface area contributed by atoms with E-state index in [1.165, 1.54) is 25.9 Å². The minimum atomic E-state index is 0.955. The summed E-state index contributed by atoms with van der Waals surface area (Å²) in [4.78, 5) is 7.10. The number of fused-ring (bicyclic) bond motifs is 1. The average molecular weight is 273 g/mol. The second kappa shape index (κ2) is 5.40. The summed E-state index contributed by atoms with van der Waals surface area (Å²) >= 11 is 0. The molecule has 5 nitrogen and oxygen atoms in total. The Morgan fingerprint density at radius 3 is 2.70 bits per heavy atom. The lowest BCUT2D eigenvalue weighted by atomic mass is 10.3. The van der Waals surface area contributed by atoms with E-state index in [0.717, 1.165) is 41.5 Å². The molecule has 2 aromatic rings. The van der Waals surface area contributed by atoms with Crippen LogP contribution in [-0.4, -0.2) is 45.7 Å². The Hall–Kier alpha value is -1.62. The van der Waals surface area contributed by atoms with E-state index >= 15 is 0 Å². The van der Waals surface area contributed by atoms with Gasteiger partial charge in [0, 0.05) is 30.4 Å². The smallest absolute Gasteiger partial charge is 0.160 e. The molecule has 1 saturated heterocycles. The lowest BCUT2D eigenvalue weighted by Crippen LogP contribution is -2.26. The Bertz CT molecular complexity index is 610. The molecule has 0 radical (unpaired) electrons. The second-order valence-electron chi connectivity index (χ2n) is 5.70. The number of hydrogen-bond donors (Lipinski definition) is 1. The highest BCUT2D eigenvalue weighted by Gasteiger charge is 2.13. The first-order valence-electron chi connectivity index (χ1n) is 7.45. The minimum absolute atomic E-state index is 0.955. The van der Waals surface area contributed by atoms with Crippen LogP contribution < -0.4 is 5.32 Å². The molecule has 108 valence electrons. The highest BCUT2D eigenvalue weighted by molar-refractivity contribution is 5.55. The minimum Gasteiger partial charge on any atom is -0.369 e. The third kappa shape index (κ3) is 2.50. The van der Waals surface area contributed by atoms with Crippen molar-refractivity contribution in [2.24, 2.45) is 0 Å². The summed E-state index contributed by atoms with van der Waals surface area (Å²) < 4.78 is 1.93.